The quantitative estimate of drug-likeness (QED) is 0.534. The van der Waals surface area contributed by atoms with E-state index in [0.717, 1.165) is 12.1 Å². The second-order valence-electron chi connectivity index (χ2n) is 4.98. The fourth-order valence-electron chi connectivity index (χ4n) is 2.05. The van der Waals surface area contributed by atoms with Crippen molar-refractivity contribution in [3.05, 3.63) is 70.3 Å². The maximum absolute atomic E-state index is 12.8. The van der Waals surface area contributed by atoms with Crippen LogP contribution in [0.1, 0.15) is 5.56 Å². The second-order valence-corrected chi connectivity index (χ2v) is 5.80. The Morgan fingerprint density at radius 1 is 0.920 bits per heavy atom. The van der Waals surface area contributed by atoms with Crippen molar-refractivity contribution in [2.75, 3.05) is 0 Å². The number of nitrogens with zero attached hydrogens (tertiary/aromatic N) is 2. The van der Waals surface area contributed by atoms with Gasteiger partial charge in [-0.1, -0.05) is 35.3 Å². The highest BCUT2D eigenvalue weighted by atomic mass is 35.5. The van der Waals surface area contributed by atoms with E-state index in [0.29, 0.717) is 21.3 Å². The molecule has 0 bridgehead atoms. The third kappa shape index (κ3) is 4.21. The van der Waals surface area contributed by atoms with Crippen LogP contribution in [0, 0.1) is 0 Å². The zero-order valence-electron chi connectivity index (χ0n) is 12.4. The molecule has 25 heavy (non-hydrogen) atoms. The molecule has 3 nitrogen and oxygen atoms in total. The van der Waals surface area contributed by atoms with Gasteiger partial charge in [-0.3, -0.25) is 0 Å². The van der Waals surface area contributed by atoms with Crippen molar-refractivity contribution < 1.29 is 17.9 Å². The van der Waals surface area contributed by atoms with E-state index in [4.69, 9.17) is 27.9 Å². The minimum absolute atomic E-state index is 0.0129. The van der Waals surface area contributed by atoms with Gasteiger partial charge in [0.2, 0.25) is 0 Å². The first-order valence-corrected chi connectivity index (χ1v) is 7.72. The molecule has 0 radical (unpaired) electrons. The maximum atomic E-state index is 12.8. The first-order valence-electron chi connectivity index (χ1n) is 6.96. The van der Waals surface area contributed by atoms with Crippen molar-refractivity contribution in [3.63, 3.8) is 0 Å². The third-order valence-corrected chi connectivity index (χ3v) is 3.96. The molecular formula is C17H9Cl2F3N2O. The lowest BCUT2D eigenvalue weighted by Gasteiger charge is -2.09. The molecule has 0 fully saturated rings. The van der Waals surface area contributed by atoms with Gasteiger partial charge in [0, 0.05) is 11.8 Å². The Labute approximate surface area is 151 Å². The summed E-state index contributed by atoms with van der Waals surface area (Å²) in [6, 6.07) is 11.0. The zero-order chi connectivity index (χ0) is 18.0. The molecule has 0 aliphatic rings. The lowest BCUT2D eigenvalue weighted by atomic mass is 10.1. The summed E-state index contributed by atoms with van der Waals surface area (Å²) < 4.78 is 43.6. The first kappa shape index (κ1) is 17.5. The number of ether oxygens (including phenoxy) is 1. The van der Waals surface area contributed by atoms with Crippen molar-refractivity contribution in [1.29, 1.82) is 0 Å². The molecule has 3 aromatic rings. The normalized spacial score (nSPS) is 11.4. The van der Waals surface area contributed by atoms with Crippen LogP contribution in [0.4, 0.5) is 13.2 Å². The van der Waals surface area contributed by atoms with E-state index in [-0.39, 0.29) is 11.8 Å². The standard InChI is InChI=1S/C17H9Cl2F3N2O/c18-13-5-4-10(8-14(13)19)15-6-7-23-16(24-15)25-12-3-1-2-11(9-12)17(20,21)22/h1-9H. The fraction of sp³-hybridized carbons (Fsp3) is 0.0588. The van der Waals surface area contributed by atoms with E-state index in [1.165, 1.54) is 18.3 Å². The molecule has 0 atom stereocenters. The number of hydrogen-bond donors (Lipinski definition) is 0. The molecule has 2 aromatic carbocycles. The van der Waals surface area contributed by atoms with Gasteiger partial charge >= 0.3 is 12.2 Å². The Hall–Kier alpha value is -2.31. The summed E-state index contributed by atoms with van der Waals surface area (Å²) in [5.74, 6) is -0.0129. The van der Waals surface area contributed by atoms with Crippen LogP contribution in [0.25, 0.3) is 11.3 Å². The molecule has 128 valence electrons. The molecule has 3 rings (SSSR count). The van der Waals surface area contributed by atoms with Crippen molar-refractivity contribution in [1.82, 2.24) is 9.97 Å². The van der Waals surface area contributed by atoms with Crippen LogP contribution in [0.3, 0.4) is 0 Å². The van der Waals surface area contributed by atoms with E-state index < -0.39 is 11.7 Å². The van der Waals surface area contributed by atoms with E-state index in [1.54, 1.807) is 24.3 Å². The Morgan fingerprint density at radius 2 is 1.72 bits per heavy atom. The monoisotopic (exact) mass is 384 g/mol. The largest absolute Gasteiger partial charge is 0.424 e. The number of hydrogen-bond acceptors (Lipinski definition) is 3. The highest BCUT2D eigenvalue weighted by Crippen LogP contribution is 2.33. The van der Waals surface area contributed by atoms with Crippen LogP contribution in [-0.2, 0) is 6.18 Å². The average molecular weight is 385 g/mol. The molecule has 0 aliphatic carbocycles. The van der Waals surface area contributed by atoms with Crippen LogP contribution in [0.15, 0.2) is 54.7 Å². The zero-order valence-corrected chi connectivity index (χ0v) is 13.9. The Bertz CT molecular complexity index is 916. The van der Waals surface area contributed by atoms with Crippen molar-refractivity contribution >= 4 is 23.2 Å². The van der Waals surface area contributed by atoms with Crippen molar-refractivity contribution in [2.45, 2.75) is 6.18 Å². The third-order valence-electron chi connectivity index (χ3n) is 3.22. The molecule has 1 aromatic heterocycles. The van der Waals surface area contributed by atoms with Crippen LogP contribution in [0.2, 0.25) is 10.0 Å². The van der Waals surface area contributed by atoms with Gasteiger partial charge in [0.05, 0.1) is 21.3 Å². The molecule has 8 heteroatoms. The topological polar surface area (TPSA) is 35.0 Å². The lowest BCUT2D eigenvalue weighted by molar-refractivity contribution is -0.137. The van der Waals surface area contributed by atoms with E-state index >= 15 is 0 Å². The number of alkyl halides is 3. The summed E-state index contributed by atoms with van der Waals surface area (Å²) >= 11 is 11.9. The number of rotatable bonds is 3. The average Bonchev–Trinajstić information content (AvgIpc) is 2.57. The summed E-state index contributed by atoms with van der Waals surface area (Å²) in [5, 5.41) is 0.762. The molecule has 0 spiro atoms. The number of halogens is 5. The SMILES string of the molecule is FC(F)(F)c1cccc(Oc2nccc(-c3ccc(Cl)c(Cl)c3)n2)c1. The molecule has 0 amide bonds. The Kier molecular flexibility index (Phi) is 4.83. The predicted octanol–water partition coefficient (Wildman–Crippen LogP) is 6.26. The van der Waals surface area contributed by atoms with Gasteiger partial charge in [-0.2, -0.15) is 18.2 Å². The second kappa shape index (κ2) is 6.90. The van der Waals surface area contributed by atoms with Gasteiger partial charge in [0.25, 0.3) is 0 Å². The van der Waals surface area contributed by atoms with Gasteiger partial charge in [-0.15, -0.1) is 0 Å². The fourth-order valence-corrected chi connectivity index (χ4v) is 2.35. The lowest BCUT2D eigenvalue weighted by Crippen LogP contribution is -2.04. The van der Waals surface area contributed by atoms with E-state index in [9.17, 15) is 13.2 Å². The number of aromatic nitrogens is 2. The van der Waals surface area contributed by atoms with Crippen molar-refractivity contribution in [3.8, 4) is 23.0 Å². The smallest absolute Gasteiger partial charge is 0.416 e. The molecule has 0 N–H and O–H groups in total. The molecule has 0 aliphatic heterocycles. The van der Waals surface area contributed by atoms with Crippen LogP contribution in [0.5, 0.6) is 11.8 Å². The van der Waals surface area contributed by atoms with E-state index in [2.05, 4.69) is 9.97 Å². The van der Waals surface area contributed by atoms with Crippen molar-refractivity contribution in [2.24, 2.45) is 0 Å². The van der Waals surface area contributed by atoms with Crippen LogP contribution >= 0.6 is 23.2 Å². The minimum atomic E-state index is -4.46. The first-order chi connectivity index (χ1) is 11.8. The molecule has 0 saturated heterocycles. The highest BCUT2D eigenvalue weighted by molar-refractivity contribution is 6.42. The van der Waals surface area contributed by atoms with Gasteiger partial charge in [-0.25, -0.2) is 4.98 Å². The summed E-state index contributed by atoms with van der Waals surface area (Å²) in [4.78, 5) is 8.10. The molecule has 0 saturated carbocycles. The molecular weight excluding hydrogens is 376 g/mol. The van der Waals surface area contributed by atoms with E-state index in [1.807, 2.05) is 0 Å². The summed E-state index contributed by atoms with van der Waals surface area (Å²) in [6.45, 7) is 0. The molecule has 1 heterocycles. The minimum Gasteiger partial charge on any atom is -0.424 e. The van der Waals surface area contributed by atoms with Gasteiger partial charge in [0.1, 0.15) is 5.75 Å². The number of benzene rings is 2. The highest BCUT2D eigenvalue weighted by Gasteiger charge is 2.30. The molecule has 0 unspecified atom stereocenters. The van der Waals surface area contributed by atoms with Gasteiger partial charge in [0.15, 0.2) is 0 Å². The van der Waals surface area contributed by atoms with Crippen LogP contribution < -0.4 is 4.74 Å². The maximum Gasteiger partial charge on any atom is 0.416 e. The summed E-state index contributed by atoms with van der Waals surface area (Å²) in [6.07, 6.45) is -3.02. The summed E-state index contributed by atoms with van der Waals surface area (Å²) in [5.41, 5.74) is 0.354. The predicted molar refractivity (Wildman–Crippen MR) is 89.0 cm³/mol. The van der Waals surface area contributed by atoms with Crippen LogP contribution in [-0.4, -0.2) is 9.97 Å². The Balaban J connectivity index is 1.88. The van der Waals surface area contributed by atoms with Gasteiger partial charge in [-0.05, 0) is 36.4 Å². The summed E-state index contributed by atoms with van der Waals surface area (Å²) in [7, 11) is 0. The Morgan fingerprint density at radius 3 is 2.44 bits per heavy atom. The van der Waals surface area contributed by atoms with Gasteiger partial charge < -0.3 is 4.74 Å².